The molecule has 4 rings (SSSR count). The molecular formula is C24H18F3N5O3. The van der Waals surface area contributed by atoms with Crippen molar-refractivity contribution in [2.24, 2.45) is 0 Å². The standard InChI is InChI=1S/C24H18F3N5O3/c25-24(26,27)16-2-1-3-17(11-16)31-22-19-12-18(8-9-20(19)28-13-29-22)30-21(33)10-14-4-6-15(7-5-14)23(34)32-35/h1-9,11-13,35H,10H2,(H,30,33)(H,32,34)(H,28,29,31). The molecule has 8 nitrogen and oxygen atoms in total. The summed E-state index contributed by atoms with van der Waals surface area (Å²) in [5, 5.41) is 14.8. The van der Waals surface area contributed by atoms with Crippen molar-refractivity contribution in [3.05, 3.63) is 89.7 Å². The second-order valence-corrected chi connectivity index (χ2v) is 7.52. The molecule has 4 N–H and O–H groups in total. The van der Waals surface area contributed by atoms with Gasteiger partial charge in [-0.2, -0.15) is 13.2 Å². The minimum atomic E-state index is -4.48. The summed E-state index contributed by atoms with van der Waals surface area (Å²) < 4.78 is 39.1. The fraction of sp³-hybridized carbons (Fsp3) is 0.0833. The van der Waals surface area contributed by atoms with Gasteiger partial charge in [-0.05, 0) is 54.1 Å². The molecule has 0 radical (unpaired) electrons. The maximum Gasteiger partial charge on any atom is 0.416 e. The normalized spacial score (nSPS) is 11.2. The Bertz CT molecular complexity index is 1390. The third-order valence-electron chi connectivity index (χ3n) is 5.05. The highest BCUT2D eigenvalue weighted by Crippen LogP contribution is 2.32. The number of hydrogen-bond donors (Lipinski definition) is 4. The highest BCUT2D eigenvalue weighted by atomic mass is 19.4. The second-order valence-electron chi connectivity index (χ2n) is 7.52. The van der Waals surface area contributed by atoms with Gasteiger partial charge in [-0.25, -0.2) is 15.4 Å². The number of fused-ring (bicyclic) bond motifs is 1. The van der Waals surface area contributed by atoms with Crippen LogP contribution < -0.4 is 16.1 Å². The van der Waals surface area contributed by atoms with Gasteiger partial charge in [0.2, 0.25) is 5.91 Å². The van der Waals surface area contributed by atoms with Gasteiger partial charge in [-0.1, -0.05) is 18.2 Å². The van der Waals surface area contributed by atoms with Crippen LogP contribution >= 0.6 is 0 Å². The van der Waals surface area contributed by atoms with E-state index < -0.39 is 17.6 Å². The maximum absolute atomic E-state index is 13.0. The van der Waals surface area contributed by atoms with Gasteiger partial charge in [0.1, 0.15) is 12.1 Å². The summed E-state index contributed by atoms with van der Waals surface area (Å²) >= 11 is 0. The number of carbonyl (C=O) groups excluding carboxylic acids is 2. The molecule has 1 aromatic heterocycles. The van der Waals surface area contributed by atoms with E-state index in [0.717, 1.165) is 12.1 Å². The van der Waals surface area contributed by atoms with Crippen molar-refractivity contribution in [2.75, 3.05) is 10.6 Å². The smallest absolute Gasteiger partial charge is 0.340 e. The number of hydrogen-bond acceptors (Lipinski definition) is 6. The minimum absolute atomic E-state index is 0.0275. The number of amides is 2. The molecule has 0 saturated carbocycles. The van der Waals surface area contributed by atoms with E-state index in [2.05, 4.69) is 20.6 Å². The summed E-state index contributed by atoms with van der Waals surface area (Å²) in [5.41, 5.74) is 2.81. The Kier molecular flexibility index (Phi) is 6.60. The van der Waals surface area contributed by atoms with Crippen LogP contribution in [-0.4, -0.2) is 27.0 Å². The topological polar surface area (TPSA) is 116 Å². The van der Waals surface area contributed by atoms with Crippen LogP contribution in [0.2, 0.25) is 0 Å². The van der Waals surface area contributed by atoms with Crippen LogP contribution in [0.15, 0.2) is 73.1 Å². The minimum Gasteiger partial charge on any atom is -0.340 e. The lowest BCUT2D eigenvalue weighted by Gasteiger charge is -2.12. The Hall–Kier alpha value is -4.51. The number of benzene rings is 3. The van der Waals surface area contributed by atoms with Crippen molar-refractivity contribution in [3.63, 3.8) is 0 Å². The molecule has 11 heteroatoms. The van der Waals surface area contributed by atoms with E-state index in [9.17, 15) is 22.8 Å². The van der Waals surface area contributed by atoms with Crippen LogP contribution in [0.25, 0.3) is 10.9 Å². The maximum atomic E-state index is 13.0. The molecule has 0 aliphatic carbocycles. The van der Waals surface area contributed by atoms with Crippen molar-refractivity contribution >= 4 is 39.9 Å². The molecule has 0 spiro atoms. The summed E-state index contributed by atoms with van der Waals surface area (Å²) in [6.45, 7) is 0. The molecule has 2 amide bonds. The van der Waals surface area contributed by atoms with E-state index in [1.807, 2.05) is 0 Å². The van der Waals surface area contributed by atoms with Gasteiger partial charge in [0.05, 0.1) is 17.5 Å². The third kappa shape index (κ3) is 5.71. The van der Waals surface area contributed by atoms with Crippen molar-refractivity contribution in [3.8, 4) is 0 Å². The number of alkyl halides is 3. The number of anilines is 3. The van der Waals surface area contributed by atoms with Gasteiger partial charge in [0, 0.05) is 22.3 Å². The number of carbonyl (C=O) groups is 2. The van der Waals surface area contributed by atoms with E-state index in [4.69, 9.17) is 5.21 Å². The lowest BCUT2D eigenvalue weighted by molar-refractivity contribution is -0.137. The van der Waals surface area contributed by atoms with Gasteiger partial charge in [0.15, 0.2) is 0 Å². The Morgan fingerprint density at radius 3 is 2.40 bits per heavy atom. The lowest BCUT2D eigenvalue weighted by Crippen LogP contribution is -2.18. The van der Waals surface area contributed by atoms with Crippen LogP contribution in [0.3, 0.4) is 0 Å². The molecule has 3 aromatic carbocycles. The van der Waals surface area contributed by atoms with Gasteiger partial charge < -0.3 is 10.6 Å². The number of nitrogens with one attached hydrogen (secondary N) is 3. The Labute approximate surface area is 196 Å². The molecule has 1 heterocycles. The Morgan fingerprint density at radius 1 is 0.914 bits per heavy atom. The SMILES string of the molecule is O=C(Cc1ccc(C(=O)NO)cc1)Nc1ccc2ncnc(Nc3cccc(C(F)(F)F)c3)c2c1. The Morgan fingerprint density at radius 2 is 1.69 bits per heavy atom. The summed E-state index contributed by atoms with van der Waals surface area (Å²) in [5.74, 6) is -0.704. The van der Waals surface area contributed by atoms with E-state index >= 15 is 0 Å². The molecule has 0 aliphatic heterocycles. The summed E-state index contributed by atoms with van der Waals surface area (Å²) in [7, 11) is 0. The van der Waals surface area contributed by atoms with Gasteiger partial charge >= 0.3 is 6.18 Å². The average molecular weight is 481 g/mol. The highest BCUT2D eigenvalue weighted by Gasteiger charge is 2.30. The first-order chi connectivity index (χ1) is 16.7. The number of nitrogens with zero attached hydrogens (tertiary/aromatic N) is 2. The summed E-state index contributed by atoms with van der Waals surface area (Å²) in [6.07, 6.45) is -3.16. The molecule has 35 heavy (non-hydrogen) atoms. The van der Waals surface area contributed by atoms with Crippen LogP contribution in [0, 0.1) is 0 Å². The first-order valence-corrected chi connectivity index (χ1v) is 10.3. The molecule has 0 unspecified atom stereocenters. The highest BCUT2D eigenvalue weighted by molar-refractivity contribution is 5.98. The van der Waals surface area contributed by atoms with E-state index in [0.29, 0.717) is 22.2 Å². The first kappa shape index (κ1) is 23.6. The number of rotatable bonds is 6. The largest absolute Gasteiger partial charge is 0.416 e. The van der Waals surface area contributed by atoms with Gasteiger partial charge in [-0.15, -0.1) is 0 Å². The second kappa shape index (κ2) is 9.77. The van der Waals surface area contributed by atoms with E-state index in [-0.39, 0.29) is 29.4 Å². The van der Waals surface area contributed by atoms with Crippen molar-refractivity contribution < 1.29 is 28.0 Å². The van der Waals surface area contributed by atoms with Crippen LogP contribution in [0.1, 0.15) is 21.5 Å². The average Bonchev–Trinajstić information content (AvgIpc) is 2.84. The summed E-state index contributed by atoms with van der Waals surface area (Å²) in [4.78, 5) is 32.2. The predicted octanol–water partition coefficient (Wildman–Crippen LogP) is 4.69. The lowest BCUT2D eigenvalue weighted by atomic mass is 10.1. The van der Waals surface area contributed by atoms with Gasteiger partial charge in [0.25, 0.3) is 5.91 Å². The zero-order chi connectivity index (χ0) is 25.0. The van der Waals surface area contributed by atoms with Crippen molar-refractivity contribution in [2.45, 2.75) is 12.6 Å². The quantitative estimate of drug-likeness (QED) is 0.235. The molecule has 0 atom stereocenters. The zero-order valence-corrected chi connectivity index (χ0v) is 17.9. The first-order valence-electron chi connectivity index (χ1n) is 10.3. The molecule has 0 aliphatic rings. The van der Waals surface area contributed by atoms with Crippen LogP contribution in [-0.2, 0) is 17.4 Å². The monoisotopic (exact) mass is 481 g/mol. The molecule has 0 bridgehead atoms. The van der Waals surface area contributed by atoms with Crippen molar-refractivity contribution in [1.29, 1.82) is 0 Å². The van der Waals surface area contributed by atoms with Crippen LogP contribution in [0.5, 0.6) is 0 Å². The molecule has 178 valence electrons. The molecule has 0 fully saturated rings. The predicted molar refractivity (Wildman–Crippen MR) is 122 cm³/mol. The Balaban J connectivity index is 1.52. The number of hydroxylamine groups is 1. The summed E-state index contributed by atoms with van der Waals surface area (Å²) in [6, 6.07) is 15.8. The number of aromatic nitrogens is 2. The molecular weight excluding hydrogens is 463 g/mol. The molecule has 0 saturated heterocycles. The van der Waals surface area contributed by atoms with E-state index in [1.165, 1.54) is 36.1 Å². The zero-order valence-electron chi connectivity index (χ0n) is 17.9. The van der Waals surface area contributed by atoms with Crippen LogP contribution in [0.4, 0.5) is 30.4 Å². The third-order valence-corrected chi connectivity index (χ3v) is 5.05. The van der Waals surface area contributed by atoms with E-state index in [1.54, 1.807) is 30.3 Å². The number of halogens is 3. The fourth-order valence-electron chi connectivity index (χ4n) is 3.37. The van der Waals surface area contributed by atoms with Gasteiger partial charge in [-0.3, -0.25) is 14.8 Å². The fourth-order valence-corrected chi connectivity index (χ4v) is 3.37. The van der Waals surface area contributed by atoms with Crippen molar-refractivity contribution in [1.82, 2.24) is 15.4 Å². The molecule has 4 aromatic rings.